The van der Waals surface area contributed by atoms with E-state index in [1.807, 2.05) is 11.4 Å². The highest BCUT2D eigenvalue weighted by atomic mass is 32.2. The average molecular weight is 303 g/mol. The molecule has 0 saturated carbocycles. The first-order chi connectivity index (χ1) is 9.79. The Morgan fingerprint density at radius 1 is 1.40 bits per heavy atom. The van der Waals surface area contributed by atoms with Gasteiger partial charge in [-0.1, -0.05) is 11.8 Å². The van der Waals surface area contributed by atoms with Crippen LogP contribution in [0.2, 0.25) is 0 Å². The summed E-state index contributed by atoms with van der Waals surface area (Å²) in [6, 6.07) is 8.65. The number of hydrogen-bond donors (Lipinski definition) is 1. The standard InChI is InChI=1S/C14H13N3OS2/c15-10-11-2-4-12(5-3-11)13(18)16-6-1-8-19-14-17-7-9-20-14/h2-5,7,9H,1,6,8H2,(H,16,18). The maximum Gasteiger partial charge on any atom is 0.251 e. The van der Waals surface area contributed by atoms with Crippen LogP contribution in [0, 0.1) is 11.3 Å². The molecule has 1 aromatic carbocycles. The van der Waals surface area contributed by atoms with Gasteiger partial charge in [0.15, 0.2) is 0 Å². The molecule has 0 atom stereocenters. The minimum absolute atomic E-state index is 0.103. The lowest BCUT2D eigenvalue weighted by Gasteiger charge is -2.04. The van der Waals surface area contributed by atoms with Gasteiger partial charge in [-0.3, -0.25) is 4.79 Å². The number of rotatable bonds is 6. The van der Waals surface area contributed by atoms with Crippen molar-refractivity contribution in [1.82, 2.24) is 10.3 Å². The number of hydrogen-bond acceptors (Lipinski definition) is 5. The molecule has 20 heavy (non-hydrogen) atoms. The van der Waals surface area contributed by atoms with Crippen LogP contribution in [0.3, 0.4) is 0 Å². The maximum atomic E-state index is 11.8. The lowest BCUT2D eigenvalue weighted by Crippen LogP contribution is -2.24. The molecule has 0 aliphatic rings. The Morgan fingerprint density at radius 2 is 2.20 bits per heavy atom. The summed E-state index contributed by atoms with van der Waals surface area (Å²) in [6.45, 7) is 0.636. The smallest absolute Gasteiger partial charge is 0.251 e. The number of carbonyl (C=O) groups is 1. The van der Waals surface area contributed by atoms with E-state index in [1.165, 1.54) is 0 Å². The lowest BCUT2D eigenvalue weighted by atomic mass is 10.1. The van der Waals surface area contributed by atoms with Crippen LogP contribution in [-0.2, 0) is 0 Å². The van der Waals surface area contributed by atoms with Crippen LogP contribution in [0.5, 0.6) is 0 Å². The molecule has 0 saturated heterocycles. The molecule has 0 unspecified atom stereocenters. The fourth-order valence-corrected chi connectivity index (χ4v) is 3.16. The van der Waals surface area contributed by atoms with Gasteiger partial charge in [0.05, 0.1) is 11.6 Å². The highest BCUT2D eigenvalue weighted by molar-refractivity contribution is 8.00. The van der Waals surface area contributed by atoms with E-state index in [1.54, 1.807) is 53.6 Å². The first-order valence-corrected chi connectivity index (χ1v) is 7.97. The average Bonchev–Trinajstić information content (AvgIpc) is 3.00. The third kappa shape index (κ3) is 4.37. The summed E-state index contributed by atoms with van der Waals surface area (Å²) < 4.78 is 1.06. The van der Waals surface area contributed by atoms with E-state index in [-0.39, 0.29) is 5.91 Å². The van der Waals surface area contributed by atoms with Crippen molar-refractivity contribution in [1.29, 1.82) is 5.26 Å². The highest BCUT2D eigenvalue weighted by Gasteiger charge is 2.04. The SMILES string of the molecule is N#Cc1ccc(C(=O)NCCCSc2nccs2)cc1. The number of carbonyl (C=O) groups excluding carboxylic acids is 1. The van der Waals surface area contributed by atoms with Gasteiger partial charge in [0.25, 0.3) is 5.91 Å². The van der Waals surface area contributed by atoms with E-state index in [0.717, 1.165) is 16.5 Å². The molecule has 0 aliphatic heterocycles. The predicted molar refractivity (Wildman–Crippen MR) is 80.9 cm³/mol. The van der Waals surface area contributed by atoms with Gasteiger partial charge in [0.2, 0.25) is 0 Å². The minimum Gasteiger partial charge on any atom is -0.352 e. The Kier molecular flexibility index (Phi) is 5.59. The van der Waals surface area contributed by atoms with E-state index >= 15 is 0 Å². The second kappa shape index (κ2) is 7.68. The third-order valence-corrected chi connectivity index (χ3v) is 4.57. The summed E-state index contributed by atoms with van der Waals surface area (Å²) in [5.41, 5.74) is 1.14. The highest BCUT2D eigenvalue weighted by Crippen LogP contribution is 2.20. The largest absolute Gasteiger partial charge is 0.352 e. The molecule has 2 aromatic rings. The number of benzene rings is 1. The van der Waals surface area contributed by atoms with Crippen molar-refractivity contribution in [3.8, 4) is 6.07 Å². The summed E-state index contributed by atoms with van der Waals surface area (Å²) in [5, 5.41) is 13.5. The molecule has 2 rings (SSSR count). The molecule has 102 valence electrons. The summed E-state index contributed by atoms with van der Waals surface area (Å²) in [7, 11) is 0. The fraction of sp³-hybridized carbons (Fsp3) is 0.214. The van der Waals surface area contributed by atoms with E-state index in [4.69, 9.17) is 5.26 Å². The number of thiazole rings is 1. The number of nitrogens with zero attached hydrogens (tertiary/aromatic N) is 2. The third-order valence-electron chi connectivity index (χ3n) is 2.52. The molecule has 1 N–H and O–H groups in total. The molecule has 4 nitrogen and oxygen atoms in total. The topological polar surface area (TPSA) is 65.8 Å². The van der Waals surface area contributed by atoms with Crippen LogP contribution in [0.4, 0.5) is 0 Å². The van der Waals surface area contributed by atoms with Crippen molar-refractivity contribution in [2.24, 2.45) is 0 Å². The van der Waals surface area contributed by atoms with Gasteiger partial charge in [-0.15, -0.1) is 11.3 Å². The molecule has 0 aliphatic carbocycles. The Hall–Kier alpha value is -1.84. The van der Waals surface area contributed by atoms with Gasteiger partial charge in [-0.25, -0.2) is 4.98 Å². The van der Waals surface area contributed by atoms with Crippen LogP contribution in [0.1, 0.15) is 22.3 Å². The first kappa shape index (κ1) is 14.6. The van der Waals surface area contributed by atoms with Crippen molar-refractivity contribution < 1.29 is 4.79 Å². The van der Waals surface area contributed by atoms with E-state index < -0.39 is 0 Å². The van der Waals surface area contributed by atoms with Gasteiger partial charge >= 0.3 is 0 Å². The van der Waals surface area contributed by atoms with E-state index in [2.05, 4.69) is 10.3 Å². The van der Waals surface area contributed by atoms with Crippen molar-refractivity contribution in [3.63, 3.8) is 0 Å². The van der Waals surface area contributed by atoms with Crippen LogP contribution in [-0.4, -0.2) is 23.2 Å². The van der Waals surface area contributed by atoms with Crippen molar-refractivity contribution in [2.75, 3.05) is 12.3 Å². The van der Waals surface area contributed by atoms with Crippen LogP contribution in [0.25, 0.3) is 0 Å². The second-order valence-corrected chi connectivity index (χ2v) is 6.18. The van der Waals surface area contributed by atoms with E-state index in [0.29, 0.717) is 17.7 Å². The Balaban J connectivity index is 1.68. The Bertz CT molecular complexity index is 588. The van der Waals surface area contributed by atoms with Crippen LogP contribution < -0.4 is 5.32 Å². The molecule has 1 amide bonds. The first-order valence-electron chi connectivity index (χ1n) is 6.10. The van der Waals surface area contributed by atoms with Gasteiger partial charge in [-0.2, -0.15) is 5.26 Å². The number of amides is 1. The number of nitrogens with one attached hydrogen (secondary N) is 1. The fourth-order valence-electron chi connectivity index (χ4n) is 1.51. The Labute approximate surface area is 125 Å². The molecule has 0 fully saturated rings. The quantitative estimate of drug-likeness (QED) is 0.658. The monoisotopic (exact) mass is 303 g/mol. The van der Waals surface area contributed by atoms with Crippen molar-refractivity contribution in [2.45, 2.75) is 10.8 Å². The molecule has 1 heterocycles. The summed E-state index contributed by atoms with van der Waals surface area (Å²) in [5.74, 6) is 0.829. The van der Waals surface area contributed by atoms with Gasteiger partial charge < -0.3 is 5.32 Å². The lowest BCUT2D eigenvalue weighted by molar-refractivity contribution is 0.0954. The summed E-state index contributed by atoms with van der Waals surface area (Å²) >= 11 is 3.33. The molecule has 1 aromatic heterocycles. The normalized spacial score (nSPS) is 9.95. The number of aromatic nitrogens is 1. The molecule has 0 spiro atoms. The Morgan fingerprint density at radius 3 is 2.85 bits per heavy atom. The number of nitriles is 1. The van der Waals surface area contributed by atoms with Gasteiger partial charge in [0.1, 0.15) is 4.34 Å². The molecular weight excluding hydrogens is 290 g/mol. The second-order valence-electron chi connectivity index (χ2n) is 3.95. The summed E-state index contributed by atoms with van der Waals surface area (Å²) in [4.78, 5) is 16.0. The van der Waals surface area contributed by atoms with Gasteiger partial charge in [0, 0.05) is 29.4 Å². The van der Waals surface area contributed by atoms with Crippen LogP contribution >= 0.6 is 23.1 Å². The molecule has 0 radical (unpaired) electrons. The zero-order chi connectivity index (χ0) is 14.2. The molecule has 6 heteroatoms. The van der Waals surface area contributed by atoms with Gasteiger partial charge in [-0.05, 0) is 30.7 Å². The van der Waals surface area contributed by atoms with Crippen LogP contribution in [0.15, 0.2) is 40.2 Å². The van der Waals surface area contributed by atoms with E-state index in [9.17, 15) is 4.79 Å². The number of thioether (sulfide) groups is 1. The van der Waals surface area contributed by atoms with Crippen molar-refractivity contribution >= 4 is 29.0 Å². The zero-order valence-electron chi connectivity index (χ0n) is 10.7. The van der Waals surface area contributed by atoms with Crippen molar-refractivity contribution in [3.05, 3.63) is 47.0 Å². The maximum absolute atomic E-state index is 11.8. The molecule has 0 bridgehead atoms. The molecular formula is C14H13N3OS2. The minimum atomic E-state index is -0.103. The summed E-state index contributed by atoms with van der Waals surface area (Å²) in [6.07, 6.45) is 2.69. The zero-order valence-corrected chi connectivity index (χ0v) is 12.3. The predicted octanol–water partition coefficient (Wildman–Crippen LogP) is 2.93.